The van der Waals surface area contributed by atoms with Crippen LogP contribution >= 0.6 is 15.9 Å². The normalized spacial score (nSPS) is 12.7. The zero-order valence-electron chi connectivity index (χ0n) is 7.71. The number of benzene rings is 1. The molecule has 0 bridgehead atoms. The highest BCUT2D eigenvalue weighted by atomic mass is 79.9. The van der Waals surface area contributed by atoms with Crippen LogP contribution in [0.15, 0.2) is 26.4 Å². The summed E-state index contributed by atoms with van der Waals surface area (Å²) in [6, 6.07) is 2.19. The summed E-state index contributed by atoms with van der Waals surface area (Å²) in [6.45, 7) is 0. The van der Waals surface area contributed by atoms with Crippen LogP contribution in [0.2, 0.25) is 0 Å². The largest absolute Gasteiger partial charge is 0.397 e. The maximum Gasteiger partial charge on any atom is 0.240 e. The lowest BCUT2D eigenvalue weighted by atomic mass is 10.3. The number of halogens is 1. The summed E-state index contributed by atoms with van der Waals surface area (Å²) in [5, 5.41) is 9.75. The predicted octanol–water partition coefficient (Wildman–Crippen LogP) is -0.674. The summed E-state index contributed by atoms with van der Waals surface area (Å²) in [6.07, 6.45) is 0. The molecule has 0 spiro atoms. The fourth-order valence-corrected chi connectivity index (χ4v) is 3.28. The van der Waals surface area contributed by atoms with Gasteiger partial charge in [-0.15, -0.1) is 0 Å². The zero-order chi connectivity index (χ0) is 12.7. The number of nitrogens with two attached hydrogens (primary N) is 3. The van der Waals surface area contributed by atoms with Crippen LogP contribution in [0.4, 0.5) is 5.69 Å². The monoisotopic (exact) mass is 329 g/mol. The Kier molecular flexibility index (Phi) is 3.32. The minimum atomic E-state index is -4.11. The Hall–Kier alpha value is -0.680. The second kappa shape index (κ2) is 3.96. The van der Waals surface area contributed by atoms with E-state index in [4.69, 9.17) is 16.0 Å². The van der Waals surface area contributed by atoms with Crippen LogP contribution in [0.1, 0.15) is 0 Å². The van der Waals surface area contributed by atoms with Crippen molar-refractivity contribution in [2.75, 3.05) is 5.73 Å². The van der Waals surface area contributed by atoms with Crippen LogP contribution in [0.25, 0.3) is 0 Å². The number of anilines is 1. The van der Waals surface area contributed by atoms with Crippen molar-refractivity contribution >= 4 is 41.7 Å². The Labute approximate surface area is 101 Å². The van der Waals surface area contributed by atoms with E-state index in [9.17, 15) is 16.8 Å². The fourth-order valence-electron chi connectivity index (χ4n) is 1.04. The molecule has 0 amide bonds. The van der Waals surface area contributed by atoms with E-state index in [-0.39, 0.29) is 4.47 Å². The van der Waals surface area contributed by atoms with Crippen molar-refractivity contribution in [3.63, 3.8) is 0 Å². The molecule has 0 heterocycles. The Morgan fingerprint density at radius 3 is 1.50 bits per heavy atom. The second-order valence-electron chi connectivity index (χ2n) is 2.91. The minimum absolute atomic E-state index is 0.190. The average Bonchev–Trinajstić information content (AvgIpc) is 2.04. The van der Waals surface area contributed by atoms with E-state index in [2.05, 4.69) is 15.9 Å². The molecule has 0 aliphatic carbocycles. The summed E-state index contributed by atoms with van der Waals surface area (Å²) >= 11 is 2.94. The Balaban J connectivity index is 3.78. The van der Waals surface area contributed by atoms with E-state index in [0.29, 0.717) is 0 Å². The molecular weight excluding hydrogens is 322 g/mol. The van der Waals surface area contributed by atoms with Gasteiger partial charge in [0.15, 0.2) is 0 Å². The van der Waals surface area contributed by atoms with E-state index >= 15 is 0 Å². The molecule has 10 heteroatoms. The molecule has 0 aliphatic rings. The highest BCUT2D eigenvalue weighted by Crippen LogP contribution is 2.29. The third-order valence-corrected chi connectivity index (χ3v) is 4.04. The molecule has 0 fully saturated rings. The Morgan fingerprint density at radius 1 is 0.938 bits per heavy atom. The fraction of sp³-hybridized carbons (Fsp3) is 0. The van der Waals surface area contributed by atoms with Gasteiger partial charge in [0, 0.05) is 4.47 Å². The molecule has 0 aliphatic heterocycles. The van der Waals surface area contributed by atoms with E-state index in [1.807, 2.05) is 0 Å². The molecule has 0 radical (unpaired) electrons. The Bertz CT molecular complexity index is 585. The van der Waals surface area contributed by atoms with Crippen LogP contribution in [-0.4, -0.2) is 16.8 Å². The summed E-state index contributed by atoms with van der Waals surface area (Å²) < 4.78 is 44.7. The van der Waals surface area contributed by atoms with Gasteiger partial charge < -0.3 is 5.73 Å². The maximum absolute atomic E-state index is 11.1. The van der Waals surface area contributed by atoms with Gasteiger partial charge in [0.2, 0.25) is 20.0 Å². The minimum Gasteiger partial charge on any atom is -0.397 e. The van der Waals surface area contributed by atoms with E-state index in [1.165, 1.54) is 0 Å². The lowest BCUT2D eigenvalue weighted by Crippen LogP contribution is -2.19. The van der Waals surface area contributed by atoms with Crippen LogP contribution in [0.5, 0.6) is 0 Å². The summed E-state index contributed by atoms with van der Waals surface area (Å²) in [5.74, 6) is 0. The van der Waals surface area contributed by atoms with Crippen molar-refractivity contribution in [3.8, 4) is 0 Å². The van der Waals surface area contributed by atoms with Gasteiger partial charge in [-0.3, -0.25) is 0 Å². The first kappa shape index (κ1) is 13.4. The molecule has 0 atom stereocenters. The SMILES string of the molecule is Nc1c(S(N)(=O)=O)cc(Br)cc1S(N)(=O)=O. The quantitative estimate of drug-likeness (QED) is 0.615. The van der Waals surface area contributed by atoms with E-state index in [1.54, 1.807) is 0 Å². The van der Waals surface area contributed by atoms with Crippen molar-refractivity contribution in [2.24, 2.45) is 10.3 Å². The first-order chi connectivity index (χ1) is 7.03. The molecule has 1 aromatic rings. The van der Waals surface area contributed by atoms with Crippen molar-refractivity contribution in [3.05, 3.63) is 16.6 Å². The zero-order valence-corrected chi connectivity index (χ0v) is 10.9. The molecule has 0 unspecified atom stereocenters. The number of sulfonamides is 2. The van der Waals surface area contributed by atoms with E-state index in [0.717, 1.165) is 12.1 Å². The molecule has 16 heavy (non-hydrogen) atoms. The van der Waals surface area contributed by atoms with Gasteiger partial charge in [0.05, 0.1) is 5.69 Å². The molecule has 7 nitrogen and oxygen atoms in total. The molecule has 90 valence electrons. The first-order valence-electron chi connectivity index (χ1n) is 3.68. The molecular formula is C6H8BrN3O4S2. The van der Waals surface area contributed by atoms with Gasteiger partial charge >= 0.3 is 0 Å². The first-order valence-corrected chi connectivity index (χ1v) is 7.56. The number of rotatable bonds is 2. The molecule has 0 saturated heterocycles. The molecule has 0 aromatic heterocycles. The number of primary sulfonamides is 2. The number of nitrogen functional groups attached to an aromatic ring is 1. The van der Waals surface area contributed by atoms with Crippen molar-refractivity contribution in [1.29, 1.82) is 0 Å². The lowest BCUT2D eigenvalue weighted by Gasteiger charge is -2.08. The van der Waals surface area contributed by atoms with Gasteiger partial charge in [-0.1, -0.05) is 15.9 Å². The predicted molar refractivity (Wildman–Crippen MR) is 61.3 cm³/mol. The molecule has 0 saturated carbocycles. The van der Waals surface area contributed by atoms with E-state index < -0.39 is 35.5 Å². The average molecular weight is 330 g/mol. The molecule has 6 N–H and O–H groups in total. The maximum atomic E-state index is 11.1. The van der Waals surface area contributed by atoms with Crippen LogP contribution in [-0.2, 0) is 20.0 Å². The molecule has 1 aromatic carbocycles. The van der Waals surface area contributed by atoms with Gasteiger partial charge in [-0.25, -0.2) is 27.1 Å². The lowest BCUT2D eigenvalue weighted by molar-refractivity contribution is 0.596. The van der Waals surface area contributed by atoms with Crippen molar-refractivity contribution < 1.29 is 16.8 Å². The number of hydrogen-bond acceptors (Lipinski definition) is 5. The highest BCUT2D eigenvalue weighted by molar-refractivity contribution is 9.10. The topological polar surface area (TPSA) is 146 Å². The van der Waals surface area contributed by atoms with Gasteiger partial charge in [0.1, 0.15) is 9.79 Å². The third-order valence-electron chi connectivity index (χ3n) is 1.68. The second-order valence-corrected chi connectivity index (χ2v) is 6.88. The third kappa shape index (κ3) is 2.71. The Morgan fingerprint density at radius 2 is 1.25 bits per heavy atom. The van der Waals surface area contributed by atoms with Crippen molar-refractivity contribution in [2.45, 2.75) is 9.79 Å². The smallest absolute Gasteiger partial charge is 0.240 e. The summed E-state index contributed by atoms with van der Waals surface area (Å²) in [7, 11) is -8.23. The standard InChI is InChI=1S/C6H8BrN3O4S2/c7-3-1-4(15(9,11)12)6(8)5(2-3)16(10,13)14/h1-2H,8H2,(H2,9,11,12)(H2,10,13,14). The molecule has 1 rings (SSSR count). The number of hydrogen-bond donors (Lipinski definition) is 3. The van der Waals surface area contributed by atoms with Gasteiger partial charge in [-0.05, 0) is 12.1 Å². The van der Waals surface area contributed by atoms with Crippen LogP contribution < -0.4 is 16.0 Å². The van der Waals surface area contributed by atoms with Crippen LogP contribution in [0.3, 0.4) is 0 Å². The summed E-state index contributed by atoms with van der Waals surface area (Å²) in [4.78, 5) is -0.989. The highest BCUT2D eigenvalue weighted by Gasteiger charge is 2.21. The van der Waals surface area contributed by atoms with Gasteiger partial charge in [0.25, 0.3) is 0 Å². The van der Waals surface area contributed by atoms with Gasteiger partial charge in [-0.2, -0.15) is 0 Å². The van der Waals surface area contributed by atoms with Crippen molar-refractivity contribution in [1.82, 2.24) is 0 Å². The summed E-state index contributed by atoms with van der Waals surface area (Å²) in [5.41, 5.74) is 4.89. The van der Waals surface area contributed by atoms with Crippen LogP contribution in [0, 0.1) is 0 Å².